The first kappa shape index (κ1) is 15.2. The molecule has 0 bridgehead atoms. The molecule has 4 rings (SSSR count). The van der Waals surface area contributed by atoms with Crippen LogP contribution < -0.4 is 15.8 Å². The molecule has 5 nitrogen and oxygen atoms in total. The van der Waals surface area contributed by atoms with Crippen molar-refractivity contribution in [3.05, 3.63) is 29.1 Å². The Morgan fingerprint density at radius 3 is 2.88 bits per heavy atom. The van der Waals surface area contributed by atoms with Crippen molar-refractivity contribution in [1.29, 1.82) is 0 Å². The van der Waals surface area contributed by atoms with Crippen LogP contribution in [0.25, 0.3) is 21.1 Å². The summed E-state index contributed by atoms with van der Waals surface area (Å²) in [6.45, 7) is 0. The van der Waals surface area contributed by atoms with Crippen LogP contribution >= 0.6 is 11.3 Å². The maximum atomic E-state index is 12.6. The van der Waals surface area contributed by atoms with Gasteiger partial charge in [-0.1, -0.05) is 12.8 Å². The summed E-state index contributed by atoms with van der Waals surface area (Å²) in [5, 5.41) is 4.92. The van der Waals surface area contributed by atoms with Crippen molar-refractivity contribution in [2.24, 2.45) is 0 Å². The number of carbonyl (C=O) groups excluding carboxylic acids is 1. The number of nitrogen functional groups attached to an aromatic ring is 1. The van der Waals surface area contributed by atoms with Gasteiger partial charge in [0.1, 0.15) is 15.5 Å². The molecule has 0 atom stereocenters. The quantitative estimate of drug-likeness (QED) is 0.761. The molecule has 124 valence electrons. The molecule has 2 aromatic heterocycles. The molecule has 3 aromatic rings. The standard InChI is InChI=1S/C18H19N3O2S/c1-23-12-7-6-10-8-13-15(19)16(24-18(13)21-14(10)9-12)17(22)20-11-4-2-3-5-11/h6-9,11H,2-5,19H2,1H3,(H,20,22). The lowest BCUT2D eigenvalue weighted by Crippen LogP contribution is -2.32. The van der Waals surface area contributed by atoms with E-state index in [2.05, 4.69) is 10.3 Å². The molecule has 2 heterocycles. The maximum Gasteiger partial charge on any atom is 0.263 e. The predicted octanol–water partition coefficient (Wildman–Crippen LogP) is 3.71. The molecule has 0 unspecified atom stereocenters. The molecule has 0 spiro atoms. The van der Waals surface area contributed by atoms with Crippen LogP contribution in [0.2, 0.25) is 0 Å². The number of thiophene rings is 1. The molecule has 1 amide bonds. The number of methoxy groups -OCH3 is 1. The second kappa shape index (κ2) is 5.94. The zero-order valence-electron chi connectivity index (χ0n) is 13.5. The van der Waals surface area contributed by atoms with E-state index in [4.69, 9.17) is 10.5 Å². The molecular weight excluding hydrogens is 322 g/mol. The van der Waals surface area contributed by atoms with Crippen LogP contribution in [0.4, 0.5) is 5.69 Å². The van der Waals surface area contributed by atoms with Gasteiger partial charge in [0.05, 0.1) is 18.3 Å². The van der Waals surface area contributed by atoms with Gasteiger partial charge >= 0.3 is 0 Å². The summed E-state index contributed by atoms with van der Waals surface area (Å²) >= 11 is 1.35. The van der Waals surface area contributed by atoms with Crippen LogP contribution in [0.15, 0.2) is 24.3 Å². The third kappa shape index (κ3) is 2.57. The minimum atomic E-state index is -0.0796. The van der Waals surface area contributed by atoms with Crippen molar-refractivity contribution < 1.29 is 9.53 Å². The molecule has 0 saturated heterocycles. The van der Waals surface area contributed by atoms with Crippen LogP contribution in [0.5, 0.6) is 5.75 Å². The Balaban J connectivity index is 1.75. The number of benzene rings is 1. The van der Waals surface area contributed by atoms with Gasteiger partial charge in [0.25, 0.3) is 5.91 Å². The highest BCUT2D eigenvalue weighted by atomic mass is 32.1. The summed E-state index contributed by atoms with van der Waals surface area (Å²) < 4.78 is 5.25. The highest BCUT2D eigenvalue weighted by Crippen LogP contribution is 2.35. The van der Waals surface area contributed by atoms with Crippen LogP contribution in [0.1, 0.15) is 35.4 Å². The maximum absolute atomic E-state index is 12.6. The minimum Gasteiger partial charge on any atom is -0.497 e. The number of anilines is 1. The van der Waals surface area contributed by atoms with Crippen LogP contribution in [-0.2, 0) is 0 Å². The average molecular weight is 341 g/mol. The molecule has 1 saturated carbocycles. The number of hydrogen-bond donors (Lipinski definition) is 2. The van der Waals surface area contributed by atoms with E-state index in [0.717, 1.165) is 39.7 Å². The molecule has 1 aliphatic carbocycles. The summed E-state index contributed by atoms with van der Waals surface area (Å²) in [5.41, 5.74) is 7.61. The van der Waals surface area contributed by atoms with Crippen LogP contribution in [0.3, 0.4) is 0 Å². The fourth-order valence-corrected chi connectivity index (χ4v) is 4.28. The topological polar surface area (TPSA) is 77.2 Å². The van der Waals surface area contributed by atoms with Crippen LogP contribution in [-0.4, -0.2) is 24.0 Å². The zero-order chi connectivity index (χ0) is 16.7. The van der Waals surface area contributed by atoms with Gasteiger partial charge in [-0.15, -0.1) is 11.3 Å². The third-order valence-electron chi connectivity index (χ3n) is 4.62. The number of aromatic nitrogens is 1. The van der Waals surface area contributed by atoms with Crippen molar-refractivity contribution >= 4 is 44.1 Å². The molecule has 6 heteroatoms. The van der Waals surface area contributed by atoms with Gasteiger partial charge in [0.2, 0.25) is 0 Å². The summed E-state index contributed by atoms with van der Waals surface area (Å²) in [6, 6.07) is 8.01. The Labute approximate surface area is 143 Å². The van der Waals surface area contributed by atoms with Gasteiger partial charge in [0.15, 0.2) is 0 Å². The lowest BCUT2D eigenvalue weighted by Gasteiger charge is -2.10. The first-order valence-corrected chi connectivity index (χ1v) is 8.95. The van der Waals surface area contributed by atoms with E-state index < -0.39 is 0 Å². The molecule has 0 radical (unpaired) electrons. The smallest absolute Gasteiger partial charge is 0.263 e. The number of nitrogens with two attached hydrogens (primary N) is 1. The van der Waals surface area contributed by atoms with Gasteiger partial charge in [-0.2, -0.15) is 0 Å². The first-order chi connectivity index (χ1) is 11.7. The number of fused-ring (bicyclic) bond motifs is 2. The van der Waals surface area contributed by atoms with Gasteiger partial charge < -0.3 is 15.8 Å². The van der Waals surface area contributed by atoms with Gasteiger partial charge in [-0.3, -0.25) is 4.79 Å². The lowest BCUT2D eigenvalue weighted by atomic mass is 10.1. The number of rotatable bonds is 3. The van der Waals surface area contributed by atoms with Gasteiger partial charge in [-0.05, 0) is 31.0 Å². The number of nitrogens with one attached hydrogen (secondary N) is 1. The van der Waals surface area contributed by atoms with Crippen molar-refractivity contribution in [2.75, 3.05) is 12.8 Å². The molecular formula is C18H19N3O2S. The van der Waals surface area contributed by atoms with Crippen molar-refractivity contribution in [1.82, 2.24) is 10.3 Å². The van der Waals surface area contributed by atoms with E-state index >= 15 is 0 Å². The number of hydrogen-bond acceptors (Lipinski definition) is 5. The SMILES string of the molecule is COc1ccc2cc3c(N)c(C(=O)NC4CCCC4)sc3nc2c1. The average Bonchev–Trinajstić information content (AvgIpc) is 3.21. The Hall–Kier alpha value is -2.34. The Bertz CT molecular complexity index is 929. The number of amides is 1. The van der Waals surface area contributed by atoms with Crippen LogP contribution in [0, 0.1) is 0 Å². The first-order valence-electron chi connectivity index (χ1n) is 8.13. The molecule has 3 N–H and O–H groups in total. The number of pyridine rings is 1. The highest BCUT2D eigenvalue weighted by Gasteiger charge is 2.22. The van der Waals surface area contributed by atoms with E-state index in [9.17, 15) is 4.79 Å². The molecule has 1 aromatic carbocycles. The second-order valence-corrected chi connectivity index (χ2v) is 7.20. The summed E-state index contributed by atoms with van der Waals surface area (Å²) in [6.07, 6.45) is 4.47. The van der Waals surface area contributed by atoms with Crippen molar-refractivity contribution in [2.45, 2.75) is 31.7 Å². The van der Waals surface area contributed by atoms with E-state index in [1.54, 1.807) is 7.11 Å². The Morgan fingerprint density at radius 2 is 2.12 bits per heavy atom. The molecule has 24 heavy (non-hydrogen) atoms. The lowest BCUT2D eigenvalue weighted by molar-refractivity contribution is 0.0943. The minimum absolute atomic E-state index is 0.0796. The number of carbonyl (C=O) groups is 1. The van der Waals surface area contributed by atoms with Crippen molar-refractivity contribution in [3.8, 4) is 5.75 Å². The highest BCUT2D eigenvalue weighted by molar-refractivity contribution is 7.21. The molecule has 1 fully saturated rings. The fourth-order valence-electron chi connectivity index (χ4n) is 3.29. The normalized spacial score (nSPS) is 15.2. The predicted molar refractivity (Wildman–Crippen MR) is 97.8 cm³/mol. The Kier molecular flexibility index (Phi) is 3.76. The Morgan fingerprint density at radius 1 is 1.33 bits per heavy atom. The number of ether oxygens (including phenoxy) is 1. The van der Waals surface area contributed by atoms with Gasteiger partial charge in [0, 0.05) is 22.9 Å². The monoisotopic (exact) mass is 341 g/mol. The molecule has 1 aliphatic rings. The second-order valence-electron chi connectivity index (χ2n) is 6.20. The van der Waals surface area contributed by atoms with E-state index in [1.165, 1.54) is 24.2 Å². The van der Waals surface area contributed by atoms with E-state index in [0.29, 0.717) is 10.6 Å². The third-order valence-corrected chi connectivity index (χ3v) is 5.73. The molecule has 0 aliphatic heterocycles. The largest absolute Gasteiger partial charge is 0.497 e. The summed E-state index contributed by atoms with van der Waals surface area (Å²) in [7, 11) is 1.63. The fraction of sp³-hybridized carbons (Fsp3) is 0.333. The number of nitrogens with zero attached hydrogens (tertiary/aromatic N) is 1. The van der Waals surface area contributed by atoms with E-state index in [1.807, 2.05) is 24.3 Å². The van der Waals surface area contributed by atoms with E-state index in [-0.39, 0.29) is 11.9 Å². The summed E-state index contributed by atoms with van der Waals surface area (Å²) in [4.78, 5) is 18.6. The van der Waals surface area contributed by atoms with Gasteiger partial charge in [-0.25, -0.2) is 4.98 Å². The zero-order valence-corrected chi connectivity index (χ0v) is 14.3. The summed E-state index contributed by atoms with van der Waals surface area (Å²) in [5.74, 6) is 0.683. The van der Waals surface area contributed by atoms with Crippen molar-refractivity contribution in [3.63, 3.8) is 0 Å².